The number of benzene rings is 2. The van der Waals surface area contributed by atoms with Gasteiger partial charge in [0.05, 0.1) is 11.4 Å². The molecule has 6 heteroatoms. The van der Waals surface area contributed by atoms with Crippen molar-refractivity contribution in [2.24, 2.45) is 4.99 Å². The van der Waals surface area contributed by atoms with Crippen LogP contribution in [0.15, 0.2) is 53.5 Å². The van der Waals surface area contributed by atoms with Crippen molar-refractivity contribution in [2.45, 2.75) is 18.7 Å². The summed E-state index contributed by atoms with van der Waals surface area (Å²) < 4.78 is 13.0. The summed E-state index contributed by atoms with van der Waals surface area (Å²) in [5.74, 6) is -1.51. The van der Waals surface area contributed by atoms with Crippen LogP contribution in [0.5, 0.6) is 0 Å². The number of hydrogen-bond acceptors (Lipinski definition) is 3. The lowest BCUT2D eigenvalue weighted by Gasteiger charge is -2.13. The minimum Gasteiger partial charge on any atom is -0.272 e. The number of alkyl halides is 1. The highest BCUT2D eigenvalue weighted by Gasteiger charge is 2.44. The lowest BCUT2D eigenvalue weighted by Crippen LogP contribution is -2.31. The van der Waals surface area contributed by atoms with Crippen LogP contribution >= 0.6 is 11.6 Å². The van der Waals surface area contributed by atoms with Gasteiger partial charge in [-0.1, -0.05) is 19.1 Å². The molecule has 1 saturated heterocycles. The van der Waals surface area contributed by atoms with Gasteiger partial charge in [0.1, 0.15) is 11.5 Å². The van der Waals surface area contributed by atoms with Crippen LogP contribution in [0.25, 0.3) is 0 Å². The van der Waals surface area contributed by atoms with E-state index in [0.717, 1.165) is 16.9 Å². The van der Waals surface area contributed by atoms with Crippen molar-refractivity contribution in [3.8, 4) is 0 Å². The van der Waals surface area contributed by atoms with E-state index in [-0.39, 0.29) is 5.71 Å². The Hall–Kier alpha value is -2.53. The molecule has 0 spiro atoms. The van der Waals surface area contributed by atoms with Gasteiger partial charge >= 0.3 is 0 Å². The van der Waals surface area contributed by atoms with Gasteiger partial charge in [-0.2, -0.15) is 0 Å². The fourth-order valence-corrected chi connectivity index (χ4v) is 2.68. The molecule has 2 aromatic rings. The molecule has 1 aliphatic rings. The maximum Gasteiger partial charge on any atom is 0.281 e. The molecule has 1 atom stereocenters. The van der Waals surface area contributed by atoms with Crippen LogP contribution in [-0.4, -0.2) is 22.9 Å². The summed E-state index contributed by atoms with van der Waals surface area (Å²) in [5, 5.41) is -1.16. The van der Waals surface area contributed by atoms with Gasteiger partial charge in [0.2, 0.25) is 0 Å². The smallest absolute Gasteiger partial charge is 0.272 e. The van der Waals surface area contributed by atoms with Crippen LogP contribution < -0.4 is 4.90 Å². The largest absolute Gasteiger partial charge is 0.281 e. The van der Waals surface area contributed by atoms with Crippen molar-refractivity contribution in [3.63, 3.8) is 0 Å². The van der Waals surface area contributed by atoms with E-state index in [1.54, 1.807) is 12.1 Å². The average molecular weight is 345 g/mol. The molecule has 2 amide bonds. The first kappa shape index (κ1) is 16.3. The molecule has 2 aromatic carbocycles. The van der Waals surface area contributed by atoms with E-state index in [4.69, 9.17) is 11.6 Å². The van der Waals surface area contributed by atoms with Crippen LogP contribution in [0, 0.1) is 5.82 Å². The van der Waals surface area contributed by atoms with Gasteiger partial charge in [0.15, 0.2) is 5.38 Å². The zero-order valence-electron chi connectivity index (χ0n) is 12.9. The van der Waals surface area contributed by atoms with E-state index >= 15 is 0 Å². The molecule has 0 bridgehead atoms. The SMILES string of the molecule is CCc1ccc(N2C(=O)C(=Nc3ccc(F)cc3)C(Cl)C2=O)cc1. The highest BCUT2D eigenvalue weighted by Crippen LogP contribution is 2.26. The van der Waals surface area contributed by atoms with Gasteiger partial charge < -0.3 is 0 Å². The summed E-state index contributed by atoms with van der Waals surface area (Å²) in [4.78, 5) is 30.1. The monoisotopic (exact) mass is 344 g/mol. The molecule has 3 rings (SSSR count). The van der Waals surface area contributed by atoms with Gasteiger partial charge in [0, 0.05) is 0 Å². The summed E-state index contributed by atoms with van der Waals surface area (Å²) in [6.45, 7) is 2.02. The second-order valence-corrected chi connectivity index (χ2v) is 5.77. The minimum absolute atomic E-state index is 0.0622. The molecule has 0 saturated carbocycles. The van der Waals surface area contributed by atoms with Crippen LogP contribution in [0.2, 0.25) is 0 Å². The van der Waals surface area contributed by atoms with Crippen molar-refractivity contribution < 1.29 is 14.0 Å². The maximum atomic E-state index is 13.0. The molecule has 0 N–H and O–H groups in total. The molecule has 1 fully saturated rings. The number of halogens is 2. The Morgan fingerprint density at radius 3 is 2.29 bits per heavy atom. The molecule has 24 heavy (non-hydrogen) atoms. The zero-order valence-corrected chi connectivity index (χ0v) is 13.6. The second-order valence-electron chi connectivity index (χ2n) is 5.33. The normalized spacial score (nSPS) is 19.4. The van der Waals surface area contributed by atoms with Gasteiger partial charge in [-0.25, -0.2) is 14.3 Å². The molecule has 0 aromatic heterocycles. The third-order valence-corrected chi connectivity index (χ3v) is 4.17. The number of carbonyl (C=O) groups excluding carboxylic acids is 2. The van der Waals surface area contributed by atoms with E-state index < -0.39 is 23.0 Å². The summed E-state index contributed by atoms with van der Waals surface area (Å²) in [7, 11) is 0. The molecular formula is C18H14ClFN2O2. The Labute approximate surface area is 143 Å². The lowest BCUT2D eigenvalue weighted by atomic mass is 10.1. The Bertz CT molecular complexity index is 816. The van der Waals surface area contributed by atoms with Gasteiger partial charge in [0.25, 0.3) is 11.8 Å². The first-order valence-corrected chi connectivity index (χ1v) is 7.90. The third kappa shape index (κ3) is 2.95. The Morgan fingerprint density at radius 2 is 1.71 bits per heavy atom. The van der Waals surface area contributed by atoms with E-state index in [1.165, 1.54) is 24.3 Å². The van der Waals surface area contributed by atoms with Crippen molar-refractivity contribution >= 4 is 40.5 Å². The van der Waals surface area contributed by atoms with E-state index in [1.807, 2.05) is 19.1 Å². The predicted molar refractivity (Wildman–Crippen MR) is 91.4 cm³/mol. The number of anilines is 1. The molecule has 0 radical (unpaired) electrons. The number of rotatable bonds is 3. The number of imide groups is 1. The fraction of sp³-hybridized carbons (Fsp3) is 0.167. The molecular weight excluding hydrogens is 331 g/mol. The number of aryl methyl sites for hydroxylation is 1. The van der Waals surface area contributed by atoms with Crippen LogP contribution in [0.4, 0.5) is 15.8 Å². The number of aliphatic imine (C=N–C) groups is 1. The van der Waals surface area contributed by atoms with Crippen LogP contribution in [-0.2, 0) is 16.0 Å². The molecule has 1 unspecified atom stereocenters. The van der Waals surface area contributed by atoms with Crippen LogP contribution in [0.3, 0.4) is 0 Å². The van der Waals surface area contributed by atoms with Gasteiger partial charge in [-0.05, 0) is 48.4 Å². The fourth-order valence-electron chi connectivity index (χ4n) is 2.44. The highest BCUT2D eigenvalue weighted by molar-refractivity contribution is 6.68. The molecule has 122 valence electrons. The highest BCUT2D eigenvalue weighted by atomic mass is 35.5. The van der Waals surface area contributed by atoms with Crippen molar-refractivity contribution in [2.75, 3.05) is 4.90 Å². The predicted octanol–water partition coefficient (Wildman–Crippen LogP) is 3.64. The molecule has 1 heterocycles. The summed E-state index contributed by atoms with van der Waals surface area (Å²) in [6.07, 6.45) is 0.859. The summed E-state index contributed by atoms with van der Waals surface area (Å²) in [6, 6.07) is 12.4. The van der Waals surface area contributed by atoms with Crippen molar-refractivity contribution in [3.05, 3.63) is 59.9 Å². The number of hydrogen-bond donors (Lipinski definition) is 0. The topological polar surface area (TPSA) is 49.7 Å². The van der Waals surface area contributed by atoms with E-state index in [9.17, 15) is 14.0 Å². The van der Waals surface area contributed by atoms with Crippen molar-refractivity contribution in [1.82, 2.24) is 0 Å². The first-order chi connectivity index (χ1) is 11.5. The van der Waals surface area contributed by atoms with E-state index in [0.29, 0.717) is 11.4 Å². The molecule has 1 aliphatic heterocycles. The number of amides is 2. The lowest BCUT2D eigenvalue weighted by molar-refractivity contribution is -0.120. The third-order valence-electron chi connectivity index (χ3n) is 3.78. The van der Waals surface area contributed by atoms with E-state index in [2.05, 4.69) is 4.99 Å². The Morgan fingerprint density at radius 1 is 1.08 bits per heavy atom. The summed E-state index contributed by atoms with van der Waals surface area (Å²) in [5.41, 5.74) is 1.85. The van der Waals surface area contributed by atoms with Crippen LogP contribution in [0.1, 0.15) is 12.5 Å². The number of nitrogens with zero attached hydrogens (tertiary/aromatic N) is 2. The molecule has 0 aliphatic carbocycles. The zero-order chi connectivity index (χ0) is 17.3. The Balaban J connectivity index is 1.95. The van der Waals surface area contributed by atoms with Gasteiger partial charge in [-0.3, -0.25) is 9.59 Å². The van der Waals surface area contributed by atoms with Crippen molar-refractivity contribution in [1.29, 1.82) is 0 Å². The Kier molecular flexibility index (Phi) is 4.44. The maximum absolute atomic E-state index is 13.0. The summed E-state index contributed by atoms with van der Waals surface area (Å²) >= 11 is 6.09. The standard InChI is InChI=1S/C18H14ClFN2O2/c1-2-11-3-9-14(10-4-11)22-17(23)15(19)16(18(22)24)21-13-7-5-12(20)6-8-13/h3-10,15H,2H2,1H3. The first-order valence-electron chi connectivity index (χ1n) is 7.46. The number of carbonyl (C=O) groups is 2. The average Bonchev–Trinajstić information content (AvgIpc) is 2.80. The van der Waals surface area contributed by atoms with Gasteiger partial charge in [-0.15, -0.1) is 11.6 Å². The quantitative estimate of drug-likeness (QED) is 0.630. The molecule has 4 nitrogen and oxygen atoms in total. The second kappa shape index (κ2) is 6.53. The minimum atomic E-state index is -1.16.